The van der Waals surface area contributed by atoms with Gasteiger partial charge in [-0.1, -0.05) is 56.1 Å². The van der Waals surface area contributed by atoms with E-state index in [1.807, 2.05) is 30.5 Å². The van der Waals surface area contributed by atoms with Crippen LogP contribution in [0.4, 0.5) is 5.13 Å². The van der Waals surface area contributed by atoms with Crippen LogP contribution < -0.4 is 14.9 Å². The number of carbonyl (C=O) groups is 1. The summed E-state index contributed by atoms with van der Waals surface area (Å²) >= 11 is 13.7. The molecule has 0 amide bonds. The molecule has 0 atom stereocenters. The number of thiazole rings is 1. The van der Waals surface area contributed by atoms with E-state index in [2.05, 4.69) is 36.3 Å². The van der Waals surface area contributed by atoms with E-state index in [4.69, 9.17) is 32.7 Å². The SMILES string of the molecule is CCOc1cc(/C=N/Nc2nc(-c3ccc(Cl)cc3Cl)cs2)ccc1OC(=O)c1ccc(C(C)(C)C)cc1. The number of aromatic nitrogens is 1. The van der Waals surface area contributed by atoms with E-state index in [1.165, 1.54) is 11.3 Å². The van der Waals surface area contributed by atoms with Crippen LogP contribution in [0.1, 0.15) is 49.2 Å². The van der Waals surface area contributed by atoms with Crippen molar-refractivity contribution in [2.24, 2.45) is 5.10 Å². The fourth-order valence-corrected chi connectivity index (χ4v) is 4.70. The molecular formula is C29H27Cl2N3O3S. The van der Waals surface area contributed by atoms with Gasteiger partial charge in [0.1, 0.15) is 0 Å². The average molecular weight is 569 g/mol. The number of rotatable bonds is 8. The Morgan fingerprint density at radius 1 is 1.05 bits per heavy atom. The van der Waals surface area contributed by atoms with Crippen LogP contribution in [0.3, 0.4) is 0 Å². The van der Waals surface area contributed by atoms with Crippen LogP contribution in [0.15, 0.2) is 71.1 Å². The smallest absolute Gasteiger partial charge is 0.343 e. The van der Waals surface area contributed by atoms with Crippen molar-refractivity contribution >= 4 is 51.9 Å². The predicted octanol–water partition coefficient (Wildman–Crippen LogP) is 8.48. The van der Waals surface area contributed by atoms with Crippen molar-refractivity contribution in [1.82, 2.24) is 4.98 Å². The molecule has 3 aromatic carbocycles. The normalized spacial score (nSPS) is 11.5. The van der Waals surface area contributed by atoms with Gasteiger partial charge < -0.3 is 9.47 Å². The Labute approximate surface area is 236 Å². The van der Waals surface area contributed by atoms with Crippen molar-refractivity contribution in [2.45, 2.75) is 33.1 Å². The van der Waals surface area contributed by atoms with Gasteiger partial charge in [0, 0.05) is 16.0 Å². The lowest BCUT2D eigenvalue weighted by atomic mass is 9.87. The van der Waals surface area contributed by atoms with Gasteiger partial charge in [-0.15, -0.1) is 11.3 Å². The fraction of sp³-hybridized carbons (Fsp3) is 0.207. The zero-order valence-electron chi connectivity index (χ0n) is 21.4. The maximum Gasteiger partial charge on any atom is 0.343 e. The van der Waals surface area contributed by atoms with E-state index in [9.17, 15) is 4.79 Å². The Morgan fingerprint density at radius 2 is 1.82 bits per heavy atom. The van der Waals surface area contributed by atoms with Crippen molar-refractivity contribution in [3.8, 4) is 22.8 Å². The number of ether oxygens (including phenoxy) is 2. The molecular weight excluding hydrogens is 541 g/mol. The van der Waals surface area contributed by atoms with E-state index < -0.39 is 5.97 Å². The molecule has 38 heavy (non-hydrogen) atoms. The molecule has 0 fully saturated rings. The third-order valence-electron chi connectivity index (χ3n) is 5.54. The number of anilines is 1. The molecule has 4 rings (SSSR count). The first-order valence-corrected chi connectivity index (χ1v) is 13.6. The van der Waals surface area contributed by atoms with Gasteiger partial charge in [-0.05, 0) is 72.0 Å². The number of halogens is 2. The lowest BCUT2D eigenvalue weighted by Gasteiger charge is -2.19. The summed E-state index contributed by atoms with van der Waals surface area (Å²) in [5.74, 6) is 0.339. The summed E-state index contributed by atoms with van der Waals surface area (Å²) in [6.07, 6.45) is 1.63. The number of nitrogens with zero attached hydrogens (tertiary/aromatic N) is 2. The monoisotopic (exact) mass is 567 g/mol. The molecule has 0 saturated heterocycles. The molecule has 4 aromatic rings. The van der Waals surface area contributed by atoms with Gasteiger partial charge in [0.15, 0.2) is 11.5 Å². The zero-order valence-corrected chi connectivity index (χ0v) is 23.7. The minimum absolute atomic E-state index is 0.00306. The van der Waals surface area contributed by atoms with E-state index >= 15 is 0 Å². The molecule has 0 unspecified atom stereocenters. The summed E-state index contributed by atoms with van der Waals surface area (Å²) in [6, 6.07) is 18.0. The second-order valence-electron chi connectivity index (χ2n) is 9.39. The van der Waals surface area contributed by atoms with Crippen LogP contribution in [0, 0.1) is 0 Å². The van der Waals surface area contributed by atoms with Crippen LogP contribution in [0.5, 0.6) is 11.5 Å². The summed E-state index contributed by atoms with van der Waals surface area (Å²) in [5, 5.41) is 7.87. The molecule has 0 aliphatic rings. The molecule has 196 valence electrons. The molecule has 9 heteroatoms. The van der Waals surface area contributed by atoms with Gasteiger partial charge in [-0.3, -0.25) is 5.43 Å². The lowest BCUT2D eigenvalue weighted by molar-refractivity contribution is 0.0728. The standard InChI is InChI=1S/C29H27Cl2N3O3S/c1-5-36-26-14-18(6-13-25(26)37-27(35)19-7-9-20(10-8-19)29(2,3)4)16-32-34-28-33-24(17-38-28)22-12-11-21(30)15-23(22)31/h6-17H,5H2,1-4H3,(H,33,34)/b32-16+. The number of hydrogen-bond donors (Lipinski definition) is 1. The van der Waals surface area contributed by atoms with Crippen LogP contribution in [-0.2, 0) is 5.41 Å². The van der Waals surface area contributed by atoms with Gasteiger partial charge in [-0.25, -0.2) is 9.78 Å². The molecule has 0 spiro atoms. The Balaban J connectivity index is 1.43. The Bertz CT molecular complexity index is 1460. The highest BCUT2D eigenvalue weighted by atomic mass is 35.5. The maximum atomic E-state index is 12.8. The van der Waals surface area contributed by atoms with Crippen molar-refractivity contribution in [1.29, 1.82) is 0 Å². The molecule has 1 heterocycles. The quantitative estimate of drug-likeness (QED) is 0.0999. The minimum atomic E-state index is -0.449. The molecule has 0 aliphatic heterocycles. The summed E-state index contributed by atoms with van der Waals surface area (Å²) < 4.78 is 11.4. The number of nitrogens with one attached hydrogen (secondary N) is 1. The second-order valence-corrected chi connectivity index (χ2v) is 11.1. The maximum absolute atomic E-state index is 12.8. The molecule has 1 N–H and O–H groups in total. The Hall–Kier alpha value is -3.39. The van der Waals surface area contributed by atoms with E-state index in [0.29, 0.717) is 38.8 Å². The third kappa shape index (κ3) is 6.92. The van der Waals surface area contributed by atoms with Gasteiger partial charge in [0.25, 0.3) is 0 Å². The van der Waals surface area contributed by atoms with Crippen LogP contribution >= 0.6 is 34.5 Å². The zero-order chi connectivity index (χ0) is 27.3. The summed E-state index contributed by atoms with van der Waals surface area (Å²) in [6.45, 7) is 8.66. The molecule has 0 bridgehead atoms. The number of benzene rings is 3. The van der Waals surface area contributed by atoms with Gasteiger partial charge in [0.05, 0.1) is 29.1 Å². The van der Waals surface area contributed by atoms with Crippen molar-refractivity contribution in [3.63, 3.8) is 0 Å². The van der Waals surface area contributed by atoms with E-state index in [-0.39, 0.29) is 5.41 Å². The number of esters is 1. The summed E-state index contributed by atoms with van der Waals surface area (Å²) in [7, 11) is 0. The second kappa shape index (κ2) is 12.0. The van der Waals surface area contributed by atoms with E-state index in [0.717, 1.165) is 22.4 Å². The molecule has 0 aliphatic carbocycles. The Morgan fingerprint density at radius 3 is 2.50 bits per heavy atom. The molecule has 0 saturated carbocycles. The number of hydrogen-bond acceptors (Lipinski definition) is 7. The topological polar surface area (TPSA) is 72.8 Å². The highest BCUT2D eigenvalue weighted by molar-refractivity contribution is 7.14. The van der Waals surface area contributed by atoms with Crippen LogP contribution in [-0.4, -0.2) is 23.8 Å². The first kappa shape index (κ1) is 27.6. The summed E-state index contributed by atoms with van der Waals surface area (Å²) in [4.78, 5) is 17.3. The van der Waals surface area contributed by atoms with Crippen molar-refractivity contribution in [3.05, 3.63) is 92.8 Å². The number of carbonyl (C=O) groups excluding carboxylic acids is 1. The van der Waals surface area contributed by atoms with Crippen molar-refractivity contribution in [2.75, 3.05) is 12.0 Å². The minimum Gasteiger partial charge on any atom is -0.490 e. The summed E-state index contributed by atoms with van der Waals surface area (Å²) in [5.41, 5.74) is 6.83. The van der Waals surface area contributed by atoms with Gasteiger partial charge >= 0.3 is 5.97 Å². The highest BCUT2D eigenvalue weighted by Crippen LogP contribution is 2.33. The molecule has 0 radical (unpaired) electrons. The highest BCUT2D eigenvalue weighted by Gasteiger charge is 2.17. The average Bonchev–Trinajstić information content (AvgIpc) is 3.33. The third-order valence-corrected chi connectivity index (χ3v) is 6.84. The van der Waals surface area contributed by atoms with Crippen LogP contribution in [0.25, 0.3) is 11.3 Å². The largest absolute Gasteiger partial charge is 0.490 e. The van der Waals surface area contributed by atoms with Crippen LogP contribution in [0.2, 0.25) is 10.0 Å². The fourth-order valence-electron chi connectivity index (χ4n) is 3.53. The van der Waals surface area contributed by atoms with Gasteiger partial charge in [-0.2, -0.15) is 5.10 Å². The molecule has 6 nitrogen and oxygen atoms in total. The van der Waals surface area contributed by atoms with Gasteiger partial charge in [0.2, 0.25) is 5.13 Å². The Kier molecular flexibility index (Phi) is 8.72. The first-order valence-electron chi connectivity index (χ1n) is 11.9. The van der Waals surface area contributed by atoms with Crippen molar-refractivity contribution < 1.29 is 14.3 Å². The predicted molar refractivity (Wildman–Crippen MR) is 156 cm³/mol. The lowest BCUT2D eigenvalue weighted by Crippen LogP contribution is -2.13. The van der Waals surface area contributed by atoms with E-state index in [1.54, 1.807) is 48.7 Å². The number of hydrazone groups is 1. The molecule has 1 aromatic heterocycles. The first-order chi connectivity index (χ1) is 18.1.